The Balaban J connectivity index is 2.29. The third-order valence-electron chi connectivity index (χ3n) is 2.01. The van der Waals surface area contributed by atoms with Gasteiger partial charge in [-0.05, 0) is 24.3 Å². The van der Waals surface area contributed by atoms with E-state index in [4.69, 9.17) is 11.2 Å². The van der Waals surface area contributed by atoms with Gasteiger partial charge < -0.3 is 4.74 Å². The number of rotatable bonds is 2. The zero-order valence-electron chi connectivity index (χ0n) is 8.18. The summed E-state index contributed by atoms with van der Waals surface area (Å²) in [6.45, 7) is 0. The Kier molecular flexibility index (Phi) is 2.71. The summed E-state index contributed by atoms with van der Waals surface area (Å²) in [7, 11) is 0. The molecule has 15 heavy (non-hydrogen) atoms. The summed E-state index contributed by atoms with van der Waals surface area (Å²) in [6.07, 6.45) is 5.37. The molecule has 0 radical (unpaired) electrons. The molecule has 2 aromatic carbocycles. The van der Waals surface area contributed by atoms with Gasteiger partial charge in [0.25, 0.3) is 0 Å². The molecule has 0 unspecified atom stereocenters. The van der Waals surface area contributed by atoms with E-state index >= 15 is 0 Å². The lowest BCUT2D eigenvalue weighted by Crippen LogP contribution is -1.86. The normalized spacial score (nSPS) is 9.27. The van der Waals surface area contributed by atoms with Crippen LogP contribution in [0.3, 0.4) is 0 Å². The van der Waals surface area contributed by atoms with Crippen molar-refractivity contribution in [2.24, 2.45) is 0 Å². The van der Waals surface area contributed by atoms with Crippen molar-refractivity contribution in [2.75, 3.05) is 0 Å². The molecule has 0 saturated heterocycles. The monoisotopic (exact) mass is 194 g/mol. The van der Waals surface area contributed by atoms with Crippen LogP contribution in [0.15, 0.2) is 54.6 Å². The van der Waals surface area contributed by atoms with E-state index in [-0.39, 0.29) is 0 Å². The summed E-state index contributed by atoms with van der Waals surface area (Å²) in [6, 6.07) is 17.1. The van der Waals surface area contributed by atoms with Crippen LogP contribution in [-0.2, 0) is 0 Å². The SMILES string of the molecule is C#Cc1ccccc1Oc1ccccc1. The van der Waals surface area contributed by atoms with Gasteiger partial charge in [0, 0.05) is 0 Å². The van der Waals surface area contributed by atoms with E-state index in [2.05, 4.69) is 5.92 Å². The number of ether oxygens (including phenoxy) is 1. The van der Waals surface area contributed by atoms with Crippen molar-refractivity contribution in [3.63, 3.8) is 0 Å². The first-order chi connectivity index (χ1) is 7.40. The molecule has 0 aromatic heterocycles. The third kappa shape index (κ3) is 2.18. The van der Waals surface area contributed by atoms with E-state index in [1.54, 1.807) is 0 Å². The fourth-order valence-corrected chi connectivity index (χ4v) is 1.29. The molecule has 2 aromatic rings. The quantitative estimate of drug-likeness (QED) is 0.665. The third-order valence-corrected chi connectivity index (χ3v) is 2.01. The van der Waals surface area contributed by atoms with Crippen LogP contribution < -0.4 is 4.74 Å². The van der Waals surface area contributed by atoms with Crippen LogP contribution in [0.1, 0.15) is 5.56 Å². The highest BCUT2D eigenvalue weighted by molar-refractivity contribution is 5.46. The standard InChI is InChI=1S/C14H10O/c1-2-12-8-6-7-11-14(12)15-13-9-4-3-5-10-13/h1,3-11H. The molecule has 0 fully saturated rings. The summed E-state index contributed by atoms with van der Waals surface area (Å²) >= 11 is 0. The van der Waals surface area contributed by atoms with Gasteiger partial charge in [0.15, 0.2) is 0 Å². The van der Waals surface area contributed by atoms with Crippen molar-refractivity contribution in [1.82, 2.24) is 0 Å². The highest BCUT2D eigenvalue weighted by atomic mass is 16.5. The Hall–Kier alpha value is -2.20. The number of terminal acetylenes is 1. The van der Waals surface area contributed by atoms with Crippen LogP contribution in [0.4, 0.5) is 0 Å². The average molecular weight is 194 g/mol. The highest BCUT2D eigenvalue weighted by Crippen LogP contribution is 2.23. The van der Waals surface area contributed by atoms with Crippen molar-refractivity contribution in [1.29, 1.82) is 0 Å². The van der Waals surface area contributed by atoms with Crippen LogP contribution in [0.5, 0.6) is 11.5 Å². The molecular weight excluding hydrogens is 184 g/mol. The van der Waals surface area contributed by atoms with E-state index in [9.17, 15) is 0 Å². The molecular formula is C14H10O. The maximum absolute atomic E-state index is 5.66. The number of para-hydroxylation sites is 2. The predicted molar refractivity (Wildman–Crippen MR) is 60.9 cm³/mol. The van der Waals surface area contributed by atoms with Gasteiger partial charge in [-0.1, -0.05) is 36.3 Å². The first-order valence-electron chi connectivity index (χ1n) is 4.68. The van der Waals surface area contributed by atoms with Crippen LogP contribution in [0.25, 0.3) is 0 Å². The molecule has 2 rings (SSSR count). The van der Waals surface area contributed by atoms with Gasteiger partial charge in [0.2, 0.25) is 0 Å². The van der Waals surface area contributed by atoms with Gasteiger partial charge >= 0.3 is 0 Å². The second-order valence-corrected chi connectivity index (χ2v) is 3.06. The summed E-state index contributed by atoms with van der Waals surface area (Å²) in [4.78, 5) is 0. The number of benzene rings is 2. The molecule has 0 spiro atoms. The molecule has 0 amide bonds. The maximum Gasteiger partial charge on any atom is 0.143 e. The summed E-state index contributed by atoms with van der Waals surface area (Å²) in [5, 5.41) is 0. The van der Waals surface area contributed by atoms with Gasteiger partial charge in [-0.3, -0.25) is 0 Å². The van der Waals surface area contributed by atoms with Gasteiger partial charge in [-0.2, -0.15) is 0 Å². The first kappa shape index (κ1) is 9.36. The summed E-state index contributed by atoms with van der Waals surface area (Å²) in [5.74, 6) is 4.10. The smallest absolute Gasteiger partial charge is 0.143 e. The van der Waals surface area contributed by atoms with Crippen LogP contribution in [0, 0.1) is 12.3 Å². The van der Waals surface area contributed by atoms with Crippen molar-refractivity contribution in [3.8, 4) is 23.8 Å². The topological polar surface area (TPSA) is 9.23 Å². The fraction of sp³-hybridized carbons (Fsp3) is 0. The molecule has 0 N–H and O–H groups in total. The first-order valence-corrected chi connectivity index (χ1v) is 4.68. The molecule has 1 heteroatoms. The molecule has 0 heterocycles. The summed E-state index contributed by atoms with van der Waals surface area (Å²) < 4.78 is 5.66. The largest absolute Gasteiger partial charge is 0.456 e. The Bertz CT molecular complexity index is 480. The Morgan fingerprint density at radius 1 is 0.867 bits per heavy atom. The van der Waals surface area contributed by atoms with E-state index in [1.165, 1.54) is 0 Å². The average Bonchev–Trinajstić information content (AvgIpc) is 2.31. The van der Waals surface area contributed by atoms with Crippen LogP contribution in [0.2, 0.25) is 0 Å². The lowest BCUT2D eigenvalue weighted by Gasteiger charge is -2.06. The van der Waals surface area contributed by atoms with E-state index < -0.39 is 0 Å². The molecule has 72 valence electrons. The van der Waals surface area contributed by atoms with Crippen LogP contribution in [-0.4, -0.2) is 0 Å². The molecule has 0 bridgehead atoms. The Morgan fingerprint density at radius 3 is 2.27 bits per heavy atom. The van der Waals surface area contributed by atoms with Crippen molar-refractivity contribution >= 4 is 0 Å². The fourth-order valence-electron chi connectivity index (χ4n) is 1.29. The second-order valence-electron chi connectivity index (χ2n) is 3.06. The minimum atomic E-state index is 0.714. The number of hydrogen-bond donors (Lipinski definition) is 0. The zero-order chi connectivity index (χ0) is 10.5. The van der Waals surface area contributed by atoms with Crippen molar-refractivity contribution in [2.45, 2.75) is 0 Å². The lowest BCUT2D eigenvalue weighted by atomic mass is 10.2. The van der Waals surface area contributed by atoms with Gasteiger partial charge in [0.05, 0.1) is 5.56 Å². The predicted octanol–water partition coefficient (Wildman–Crippen LogP) is 3.46. The minimum absolute atomic E-state index is 0.714. The van der Waals surface area contributed by atoms with E-state index in [1.807, 2.05) is 54.6 Å². The molecule has 1 nitrogen and oxygen atoms in total. The second kappa shape index (κ2) is 4.34. The Labute approximate surface area is 89.3 Å². The molecule has 0 saturated carbocycles. The van der Waals surface area contributed by atoms with Gasteiger partial charge in [-0.25, -0.2) is 0 Å². The number of hydrogen-bond acceptors (Lipinski definition) is 1. The highest BCUT2D eigenvalue weighted by Gasteiger charge is 2.00. The molecule has 0 atom stereocenters. The maximum atomic E-state index is 5.66. The van der Waals surface area contributed by atoms with Crippen molar-refractivity contribution < 1.29 is 4.74 Å². The molecule has 0 aliphatic rings. The zero-order valence-corrected chi connectivity index (χ0v) is 8.18. The van der Waals surface area contributed by atoms with Gasteiger partial charge in [0.1, 0.15) is 11.5 Å². The minimum Gasteiger partial charge on any atom is -0.456 e. The van der Waals surface area contributed by atoms with Gasteiger partial charge in [-0.15, -0.1) is 6.42 Å². The molecule has 0 aliphatic carbocycles. The summed E-state index contributed by atoms with van der Waals surface area (Å²) in [5.41, 5.74) is 0.765. The van der Waals surface area contributed by atoms with Crippen LogP contribution >= 0.6 is 0 Å². The lowest BCUT2D eigenvalue weighted by molar-refractivity contribution is 0.481. The van der Waals surface area contributed by atoms with E-state index in [0.717, 1.165) is 11.3 Å². The van der Waals surface area contributed by atoms with E-state index in [0.29, 0.717) is 5.75 Å². The molecule has 0 aliphatic heterocycles. The Morgan fingerprint density at radius 2 is 1.53 bits per heavy atom. The van der Waals surface area contributed by atoms with Crippen molar-refractivity contribution in [3.05, 3.63) is 60.2 Å².